The Kier molecular flexibility index (Phi) is 7.95. The summed E-state index contributed by atoms with van der Waals surface area (Å²) in [6, 6.07) is 26.8. The second-order valence-electron chi connectivity index (χ2n) is 8.71. The normalized spacial score (nSPS) is 11.0. The van der Waals surface area contributed by atoms with E-state index in [1.165, 1.54) is 16.7 Å². The van der Waals surface area contributed by atoms with Gasteiger partial charge in [0, 0.05) is 16.5 Å². The average molecular weight is 447 g/mol. The fourth-order valence-corrected chi connectivity index (χ4v) is 4.15. The highest BCUT2D eigenvalue weighted by Crippen LogP contribution is 2.24. The van der Waals surface area contributed by atoms with Gasteiger partial charge in [-0.05, 0) is 84.5 Å². The third kappa shape index (κ3) is 5.83. The summed E-state index contributed by atoms with van der Waals surface area (Å²) < 4.78 is 14.8. The van der Waals surface area contributed by atoms with Crippen molar-refractivity contribution >= 4 is 10.8 Å². The minimum absolute atomic E-state index is 0.0909. The van der Waals surface area contributed by atoms with Gasteiger partial charge in [0.15, 0.2) is 0 Å². The number of hydrogen-bond acceptors (Lipinski definition) is 0. The van der Waals surface area contributed by atoms with Crippen molar-refractivity contribution in [3.63, 3.8) is 0 Å². The Labute approximate surface area is 203 Å². The van der Waals surface area contributed by atoms with Gasteiger partial charge in [0.1, 0.15) is 5.82 Å². The van der Waals surface area contributed by atoms with E-state index >= 15 is 0 Å². The standard InChI is InChI=1S/C33H31F/c1-3-5-7-8-25-12-17-28(18-13-25)29-19-14-26(15-20-29)10-11-27-16-23-32-31(24-27)22-21-30(33(32)34)9-6-4-2/h3,5,12-24H,4,6-9H2,1-2H3/b5-3+. The van der Waals surface area contributed by atoms with E-state index in [1.807, 2.05) is 30.3 Å². The highest BCUT2D eigenvalue weighted by molar-refractivity contribution is 5.85. The maximum absolute atomic E-state index is 14.8. The zero-order valence-electron chi connectivity index (χ0n) is 20.1. The molecule has 0 fully saturated rings. The second kappa shape index (κ2) is 11.5. The SMILES string of the molecule is C/C=C/CCc1ccc(-c2ccc(C#Cc3ccc4c(F)c(CCCC)ccc4c3)cc2)cc1. The first-order valence-corrected chi connectivity index (χ1v) is 12.2. The fraction of sp³-hybridized carbons (Fsp3) is 0.212. The molecule has 4 rings (SSSR count). The molecular formula is C33H31F. The lowest BCUT2D eigenvalue weighted by molar-refractivity contribution is 0.614. The zero-order chi connectivity index (χ0) is 23.8. The van der Waals surface area contributed by atoms with Crippen LogP contribution in [0.5, 0.6) is 0 Å². The van der Waals surface area contributed by atoms with Crippen LogP contribution in [-0.2, 0) is 12.8 Å². The van der Waals surface area contributed by atoms with Gasteiger partial charge in [0.25, 0.3) is 0 Å². The molecule has 0 aliphatic carbocycles. The van der Waals surface area contributed by atoms with Gasteiger partial charge in [-0.15, -0.1) is 0 Å². The van der Waals surface area contributed by atoms with E-state index in [0.29, 0.717) is 5.39 Å². The van der Waals surface area contributed by atoms with Gasteiger partial charge in [0.2, 0.25) is 0 Å². The predicted octanol–water partition coefficient (Wildman–Crippen LogP) is 8.90. The number of halogens is 1. The van der Waals surface area contributed by atoms with Crippen LogP contribution in [0.4, 0.5) is 4.39 Å². The van der Waals surface area contributed by atoms with Crippen LogP contribution < -0.4 is 0 Å². The third-order valence-electron chi connectivity index (χ3n) is 6.19. The van der Waals surface area contributed by atoms with E-state index in [9.17, 15) is 4.39 Å². The molecule has 0 amide bonds. The molecule has 0 saturated heterocycles. The number of unbranched alkanes of at least 4 members (excludes halogenated alkanes) is 1. The molecule has 0 bridgehead atoms. The molecule has 1 heteroatoms. The first-order chi connectivity index (χ1) is 16.7. The van der Waals surface area contributed by atoms with Gasteiger partial charge in [-0.2, -0.15) is 0 Å². The number of allylic oxidation sites excluding steroid dienone is 2. The van der Waals surface area contributed by atoms with Gasteiger partial charge in [0.05, 0.1) is 0 Å². The number of rotatable bonds is 7. The third-order valence-corrected chi connectivity index (χ3v) is 6.19. The van der Waals surface area contributed by atoms with E-state index in [2.05, 4.69) is 86.4 Å². The number of benzene rings is 4. The Morgan fingerprint density at radius 3 is 2.15 bits per heavy atom. The van der Waals surface area contributed by atoms with E-state index in [1.54, 1.807) is 0 Å². The van der Waals surface area contributed by atoms with Crippen molar-refractivity contribution in [1.82, 2.24) is 0 Å². The Morgan fingerprint density at radius 2 is 1.44 bits per heavy atom. The molecule has 0 radical (unpaired) electrons. The van der Waals surface area contributed by atoms with E-state index in [-0.39, 0.29) is 5.82 Å². The summed E-state index contributed by atoms with van der Waals surface area (Å²) in [6.07, 6.45) is 9.31. The first kappa shape index (κ1) is 23.5. The first-order valence-electron chi connectivity index (χ1n) is 12.2. The minimum atomic E-state index is -0.0909. The molecule has 0 aliphatic heterocycles. The maximum atomic E-state index is 14.8. The lowest BCUT2D eigenvalue weighted by Crippen LogP contribution is -1.92. The molecule has 4 aromatic rings. The number of aryl methyl sites for hydroxylation is 2. The highest BCUT2D eigenvalue weighted by atomic mass is 19.1. The van der Waals surface area contributed by atoms with Crippen LogP contribution in [0.3, 0.4) is 0 Å². The monoisotopic (exact) mass is 446 g/mol. The van der Waals surface area contributed by atoms with Crippen LogP contribution in [-0.4, -0.2) is 0 Å². The Bertz CT molecular complexity index is 1330. The van der Waals surface area contributed by atoms with Crippen molar-refractivity contribution in [2.45, 2.75) is 46.0 Å². The Hall–Kier alpha value is -3.63. The van der Waals surface area contributed by atoms with E-state index in [4.69, 9.17) is 0 Å². The molecule has 0 N–H and O–H groups in total. The summed E-state index contributed by atoms with van der Waals surface area (Å²) in [5, 5.41) is 1.57. The molecule has 4 aromatic carbocycles. The van der Waals surface area contributed by atoms with Crippen molar-refractivity contribution in [2.24, 2.45) is 0 Å². The molecule has 170 valence electrons. The number of hydrogen-bond donors (Lipinski definition) is 0. The molecular weight excluding hydrogens is 415 g/mol. The topological polar surface area (TPSA) is 0 Å². The molecule has 0 aromatic heterocycles. The average Bonchev–Trinajstić information content (AvgIpc) is 2.88. The van der Waals surface area contributed by atoms with E-state index in [0.717, 1.165) is 54.2 Å². The summed E-state index contributed by atoms with van der Waals surface area (Å²) in [4.78, 5) is 0. The maximum Gasteiger partial charge on any atom is 0.134 e. The van der Waals surface area contributed by atoms with Crippen LogP contribution in [0.15, 0.2) is 91.0 Å². The zero-order valence-corrected chi connectivity index (χ0v) is 20.1. The van der Waals surface area contributed by atoms with Crippen LogP contribution in [0, 0.1) is 17.7 Å². The van der Waals surface area contributed by atoms with Gasteiger partial charge in [-0.25, -0.2) is 4.39 Å². The smallest absolute Gasteiger partial charge is 0.134 e. The summed E-state index contributed by atoms with van der Waals surface area (Å²) in [5.41, 5.74) is 6.42. The molecule has 0 aliphatic rings. The lowest BCUT2D eigenvalue weighted by atomic mass is 10.00. The van der Waals surface area contributed by atoms with Crippen molar-refractivity contribution in [3.05, 3.63) is 119 Å². The molecule has 0 spiro atoms. The molecule has 0 nitrogen and oxygen atoms in total. The lowest BCUT2D eigenvalue weighted by Gasteiger charge is -2.06. The summed E-state index contributed by atoms with van der Waals surface area (Å²) in [5.74, 6) is 6.39. The number of fused-ring (bicyclic) bond motifs is 1. The van der Waals surface area contributed by atoms with Crippen molar-refractivity contribution < 1.29 is 4.39 Å². The van der Waals surface area contributed by atoms with Crippen molar-refractivity contribution in [2.75, 3.05) is 0 Å². The largest absolute Gasteiger partial charge is 0.206 e. The summed E-state index contributed by atoms with van der Waals surface area (Å²) in [6.45, 7) is 4.19. The summed E-state index contributed by atoms with van der Waals surface area (Å²) in [7, 11) is 0. The predicted molar refractivity (Wildman–Crippen MR) is 144 cm³/mol. The molecule has 0 saturated carbocycles. The summed E-state index contributed by atoms with van der Waals surface area (Å²) >= 11 is 0. The molecule has 0 unspecified atom stereocenters. The minimum Gasteiger partial charge on any atom is -0.206 e. The van der Waals surface area contributed by atoms with Crippen molar-refractivity contribution in [1.29, 1.82) is 0 Å². The fourth-order valence-electron chi connectivity index (χ4n) is 4.15. The quantitative estimate of drug-likeness (QED) is 0.196. The molecule has 34 heavy (non-hydrogen) atoms. The van der Waals surface area contributed by atoms with Crippen LogP contribution >= 0.6 is 0 Å². The Balaban J connectivity index is 1.46. The second-order valence-corrected chi connectivity index (χ2v) is 8.71. The van der Waals surface area contributed by atoms with Crippen LogP contribution in [0.25, 0.3) is 21.9 Å². The van der Waals surface area contributed by atoms with Gasteiger partial charge in [-0.3, -0.25) is 0 Å². The van der Waals surface area contributed by atoms with Gasteiger partial charge >= 0.3 is 0 Å². The van der Waals surface area contributed by atoms with Crippen molar-refractivity contribution in [3.8, 4) is 23.0 Å². The van der Waals surface area contributed by atoms with E-state index < -0.39 is 0 Å². The van der Waals surface area contributed by atoms with Gasteiger partial charge < -0.3 is 0 Å². The van der Waals surface area contributed by atoms with Crippen LogP contribution in [0.1, 0.15) is 55.4 Å². The van der Waals surface area contributed by atoms with Gasteiger partial charge in [-0.1, -0.05) is 91.9 Å². The highest BCUT2D eigenvalue weighted by Gasteiger charge is 2.07. The van der Waals surface area contributed by atoms with Crippen LogP contribution in [0.2, 0.25) is 0 Å². The molecule has 0 atom stereocenters. The molecule has 0 heterocycles. The Morgan fingerprint density at radius 1 is 0.765 bits per heavy atom.